The van der Waals surface area contributed by atoms with E-state index >= 15 is 0 Å². The van der Waals surface area contributed by atoms with E-state index in [1.165, 1.54) is 27.7 Å². The van der Waals surface area contributed by atoms with E-state index in [9.17, 15) is 0 Å². The van der Waals surface area contributed by atoms with Gasteiger partial charge in [0, 0.05) is 52.5 Å². The van der Waals surface area contributed by atoms with Crippen molar-refractivity contribution in [2.24, 2.45) is 0 Å². The van der Waals surface area contributed by atoms with Crippen molar-refractivity contribution in [1.82, 2.24) is 14.5 Å². The summed E-state index contributed by atoms with van der Waals surface area (Å²) in [6, 6.07) is 11.3. The van der Waals surface area contributed by atoms with E-state index in [1.807, 2.05) is 13.1 Å². The van der Waals surface area contributed by atoms with E-state index < -0.39 is 0 Å². The summed E-state index contributed by atoms with van der Waals surface area (Å²) in [5, 5.41) is 1.37. The van der Waals surface area contributed by atoms with Crippen molar-refractivity contribution in [3.05, 3.63) is 63.5 Å². The summed E-state index contributed by atoms with van der Waals surface area (Å²) in [7, 11) is 2.21. The molecule has 2 aromatic heterocycles. The highest BCUT2D eigenvalue weighted by Gasteiger charge is 2.25. The first-order chi connectivity index (χ1) is 11.5. The largest absolute Gasteiger partial charge is 0.337 e. The first kappa shape index (κ1) is 15.9. The van der Waals surface area contributed by atoms with Gasteiger partial charge >= 0.3 is 0 Å². The predicted octanol–water partition coefficient (Wildman–Crippen LogP) is 4.70. The van der Waals surface area contributed by atoms with Gasteiger partial charge in [0.05, 0.1) is 6.04 Å². The number of aryl methyl sites for hydroxylation is 1. The van der Waals surface area contributed by atoms with Gasteiger partial charge in [0.25, 0.3) is 0 Å². The van der Waals surface area contributed by atoms with Crippen molar-refractivity contribution in [2.45, 2.75) is 32.9 Å². The highest BCUT2D eigenvalue weighted by molar-refractivity contribution is 9.10. The van der Waals surface area contributed by atoms with Gasteiger partial charge < -0.3 is 9.47 Å². The molecule has 3 heterocycles. The maximum absolute atomic E-state index is 4.50. The minimum Gasteiger partial charge on any atom is -0.337 e. The summed E-state index contributed by atoms with van der Waals surface area (Å²) in [4.78, 5) is 6.91. The maximum atomic E-state index is 4.50. The Hall–Kier alpha value is -1.65. The lowest BCUT2D eigenvalue weighted by Gasteiger charge is -2.26. The molecule has 0 radical (unpaired) electrons. The van der Waals surface area contributed by atoms with Crippen LogP contribution in [-0.2, 0) is 13.0 Å². The van der Waals surface area contributed by atoms with Gasteiger partial charge in [-0.25, -0.2) is 0 Å². The van der Waals surface area contributed by atoms with Crippen LogP contribution in [0.15, 0.2) is 41.0 Å². The fourth-order valence-corrected chi connectivity index (χ4v) is 4.18. The van der Waals surface area contributed by atoms with Gasteiger partial charge in [0.1, 0.15) is 0 Å². The number of likely N-dealkylation sites (N-methyl/N-ethyl adjacent to an activating group) is 1. The molecule has 1 unspecified atom stereocenters. The molecule has 0 saturated heterocycles. The van der Waals surface area contributed by atoms with Gasteiger partial charge in [-0.3, -0.25) is 4.98 Å². The lowest BCUT2D eigenvalue weighted by atomic mass is 10.0. The number of fused-ring (bicyclic) bond motifs is 3. The quantitative estimate of drug-likeness (QED) is 0.638. The van der Waals surface area contributed by atoms with Crippen LogP contribution in [0.3, 0.4) is 0 Å². The SMILES string of the molecule is Cc1ccc(C(C)n2c3c(c4cc(Br)ccc42)CN(C)CC3)cn1. The maximum Gasteiger partial charge on any atom is 0.0575 e. The Morgan fingerprint density at radius 3 is 2.79 bits per heavy atom. The Balaban J connectivity index is 1.93. The van der Waals surface area contributed by atoms with Crippen molar-refractivity contribution in [2.75, 3.05) is 13.6 Å². The minimum absolute atomic E-state index is 0.286. The zero-order chi connectivity index (χ0) is 16.8. The molecule has 0 aliphatic carbocycles. The van der Waals surface area contributed by atoms with E-state index in [4.69, 9.17) is 0 Å². The van der Waals surface area contributed by atoms with Gasteiger partial charge in [0.15, 0.2) is 0 Å². The molecular formula is C20H22BrN3. The third-order valence-corrected chi connectivity index (χ3v) is 5.64. The third-order valence-electron chi connectivity index (χ3n) is 5.14. The summed E-state index contributed by atoms with van der Waals surface area (Å²) >= 11 is 3.64. The van der Waals surface area contributed by atoms with E-state index in [2.05, 4.69) is 74.7 Å². The molecule has 0 N–H and O–H groups in total. The highest BCUT2D eigenvalue weighted by atomic mass is 79.9. The standard InChI is InChI=1S/C20H22BrN3/c1-13-4-5-15(11-22-13)14(2)24-19-7-6-16(21)10-17(19)18-12-23(3)9-8-20(18)24/h4-7,10-11,14H,8-9,12H2,1-3H3. The molecule has 1 atom stereocenters. The highest BCUT2D eigenvalue weighted by Crippen LogP contribution is 2.36. The summed E-state index contributed by atoms with van der Waals surface area (Å²) in [5.41, 5.74) is 6.62. The number of hydrogen-bond acceptors (Lipinski definition) is 2. The fourth-order valence-electron chi connectivity index (χ4n) is 3.82. The van der Waals surface area contributed by atoms with Crippen molar-refractivity contribution >= 4 is 26.8 Å². The van der Waals surface area contributed by atoms with Gasteiger partial charge in [-0.05, 0) is 56.3 Å². The van der Waals surface area contributed by atoms with Crippen LogP contribution in [0, 0.1) is 6.92 Å². The van der Waals surface area contributed by atoms with E-state index in [0.717, 1.165) is 29.7 Å². The van der Waals surface area contributed by atoms with Gasteiger partial charge in [-0.1, -0.05) is 22.0 Å². The van der Waals surface area contributed by atoms with Gasteiger partial charge in [0.2, 0.25) is 0 Å². The number of halogens is 1. The molecular weight excluding hydrogens is 362 g/mol. The zero-order valence-electron chi connectivity index (χ0n) is 14.4. The van der Waals surface area contributed by atoms with Crippen molar-refractivity contribution in [3.63, 3.8) is 0 Å². The minimum atomic E-state index is 0.286. The second-order valence-corrected chi connectivity index (χ2v) is 7.77. The molecule has 1 aromatic carbocycles. The molecule has 4 rings (SSSR count). The summed E-state index contributed by atoms with van der Waals surface area (Å²) in [6.45, 7) is 6.46. The number of nitrogens with zero attached hydrogens (tertiary/aromatic N) is 3. The second kappa shape index (κ2) is 6.01. The Labute approximate surface area is 151 Å². The van der Waals surface area contributed by atoms with Crippen LogP contribution in [0.25, 0.3) is 10.9 Å². The van der Waals surface area contributed by atoms with Gasteiger partial charge in [-0.2, -0.15) is 0 Å². The van der Waals surface area contributed by atoms with Crippen LogP contribution in [0.5, 0.6) is 0 Å². The monoisotopic (exact) mass is 383 g/mol. The van der Waals surface area contributed by atoms with Crippen molar-refractivity contribution < 1.29 is 0 Å². The fraction of sp³-hybridized carbons (Fsp3) is 0.350. The van der Waals surface area contributed by atoms with Crippen LogP contribution in [-0.4, -0.2) is 28.0 Å². The van der Waals surface area contributed by atoms with E-state index in [-0.39, 0.29) is 6.04 Å². The molecule has 0 bridgehead atoms. The summed E-state index contributed by atoms with van der Waals surface area (Å²) in [6.07, 6.45) is 3.12. The second-order valence-electron chi connectivity index (χ2n) is 6.85. The molecule has 0 amide bonds. The molecule has 1 aliphatic heterocycles. The van der Waals surface area contributed by atoms with E-state index in [1.54, 1.807) is 0 Å². The lowest BCUT2D eigenvalue weighted by molar-refractivity contribution is 0.308. The van der Waals surface area contributed by atoms with E-state index in [0.29, 0.717) is 0 Å². The summed E-state index contributed by atoms with van der Waals surface area (Å²) < 4.78 is 3.67. The molecule has 4 heteroatoms. The Morgan fingerprint density at radius 2 is 2.04 bits per heavy atom. The number of aromatic nitrogens is 2. The smallest absolute Gasteiger partial charge is 0.0575 e. The molecule has 0 saturated carbocycles. The van der Waals surface area contributed by atoms with Crippen LogP contribution < -0.4 is 0 Å². The molecule has 24 heavy (non-hydrogen) atoms. The van der Waals surface area contributed by atoms with Crippen LogP contribution >= 0.6 is 15.9 Å². The molecule has 1 aliphatic rings. The van der Waals surface area contributed by atoms with Crippen molar-refractivity contribution in [1.29, 1.82) is 0 Å². The van der Waals surface area contributed by atoms with Crippen molar-refractivity contribution in [3.8, 4) is 0 Å². The zero-order valence-corrected chi connectivity index (χ0v) is 16.0. The number of pyridine rings is 1. The molecule has 3 aromatic rings. The first-order valence-electron chi connectivity index (χ1n) is 8.47. The van der Waals surface area contributed by atoms with Crippen LogP contribution in [0.4, 0.5) is 0 Å². The van der Waals surface area contributed by atoms with Crippen LogP contribution in [0.2, 0.25) is 0 Å². The summed E-state index contributed by atoms with van der Waals surface area (Å²) in [5.74, 6) is 0. The normalized spacial score (nSPS) is 16.3. The molecule has 0 fully saturated rings. The Morgan fingerprint density at radius 1 is 1.21 bits per heavy atom. The number of benzene rings is 1. The number of hydrogen-bond donors (Lipinski definition) is 0. The average molecular weight is 384 g/mol. The topological polar surface area (TPSA) is 21.1 Å². The molecule has 3 nitrogen and oxygen atoms in total. The Kier molecular flexibility index (Phi) is 3.97. The number of rotatable bonds is 2. The average Bonchev–Trinajstić information content (AvgIpc) is 2.88. The predicted molar refractivity (Wildman–Crippen MR) is 102 cm³/mol. The van der Waals surface area contributed by atoms with Gasteiger partial charge in [-0.15, -0.1) is 0 Å². The lowest BCUT2D eigenvalue weighted by Crippen LogP contribution is -2.28. The third kappa shape index (κ3) is 2.58. The van der Waals surface area contributed by atoms with Crippen LogP contribution in [0.1, 0.15) is 35.5 Å². The Bertz CT molecular complexity index is 895. The molecule has 0 spiro atoms. The molecule has 124 valence electrons. The first-order valence-corrected chi connectivity index (χ1v) is 9.26.